The first kappa shape index (κ1) is 19.7. The topological polar surface area (TPSA) is 77.2 Å². The number of hydrogen-bond acceptors (Lipinski definition) is 5. The van der Waals surface area contributed by atoms with E-state index in [1.807, 2.05) is 30.3 Å². The molecule has 1 N–H and O–H groups in total. The fourth-order valence-corrected chi connectivity index (χ4v) is 3.08. The van der Waals surface area contributed by atoms with Gasteiger partial charge in [-0.05, 0) is 54.1 Å². The third kappa shape index (κ3) is 4.34. The average molecular weight is 420 g/mol. The number of carbonyl (C=O) groups is 1. The Morgan fingerprint density at radius 3 is 2.33 bits per heavy atom. The van der Waals surface area contributed by atoms with Crippen molar-refractivity contribution in [3.63, 3.8) is 0 Å². The van der Waals surface area contributed by atoms with Gasteiger partial charge >= 0.3 is 0 Å². The second-order valence-corrected chi connectivity index (χ2v) is 6.93. The predicted molar refractivity (Wildman–Crippen MR) is 113 cm³/mol. The van der Waals surface area contributed by atoms with Crippen LogP contribution in [0, 0.1) is 0 Å². The Morgan fingerprint density at radius 1 is 0.967 bits per heavy atom. The minimum Gasteiger partial charge on any atom is -0.497 e. The lowest BCUT2D eigenvalue weighted by Crippen LogP contribution is -2.29. The van der Waals surface area contributed by atoms with Crippen molar-refractivity contribution in [1.29, 1.82) is 0 Å². The number of amides is 1. The van der Waals surface area contributed by atoms with Gasteiger partial charge in [-0.3, -0.25) is 4.79 Å². The smallest absolute Gasteiger partial charge is 0.252 e. The average Bonchev–Trinajstić information content (AvgIpc) is 3.28. The summed E-state index contributed by atoms with van der Waals surface area (Å²) in [7, 11) is 1.58. The van der Waals surface area contributed by atoms with Crippen molar-refractivity contribution in [3.8, 4) is 17.2 Å². The Bertz CT molecular complexity index is 1130. The highest BCUT2D eigenvalue weighted by atomic mass is 35.5. The number of nitrogens with one attached hydrogen (secondary N) is 1. The quantitative estimate of drug-likeness (QED) is 0.480. The lowest BCUT2D eigenvalue weighted by molar-refractivity contribution is 0.0938. The summed E-state index contributed by atoms with van der Waals surface area (Å²) in [5, 5.41) is 11.9. The number of ether oxygens (including phenoxy) is 1. The van der Waals surface area contributed by atoms with E-state index in [4.69, 9.17) is 20.8 Å². The first-order valence-corrected chi connectivity index (χ1v) is 9.61. The minimum absolute atomic E-state index is 0.266. The summed E-state index contributed by atoms with van der Waals surface area (Å²) in [4.78, 5) is 12.9. The summed E-state index contributed by atoms with van der Waals surface area (Å²) < 4.78 is 11.0. The molecule has 0 bridgehead atoms. The van der Waals surface area contributed by atoms with Gasteiger partial charge in [0.2, 0.25) is 11.8 Å². The van der Waals surface area contributed by atoms with Crippen molar-refractivity contribution in [3.05, 3.63) is 101 Å². The highest BCUT2D eigenvalue weighted by Gasteiger charge is 2.24. The van der Waals surface area contributed by atoms with Crippen LogP contribution in [-0.4, -0.2) is 23.2 Å². The molecule has 1 atom stereocenters. The maximum absolute atomic E-state index is 12.9. The Morgan fingerprint density at radius 2 is 1.67 bits per heavy atom. The molecular weight excluding hydrogens is 402 g/mol. The molecule has 150 valence electrons. The number of hydrogen-bond donors (Lipinski definition) is 1. The predicted octanol–water partition coefficient (Wildman–Crippen LogP) is 4.92. The van der Waals surface area contributed by atoms with E-state index in [0.717, 1.165) is 11.1 Å². The zero-order valence-electron chi connectivity index (χ0n) is 16.1. The molecule has 7 heteroatoms. The summed E-state index contributed by atoms with van der Waals surface area (Å²) in [6.45, 7) is 0. The molecule has 6 nitrogen and oxygen atoms in total. The fraction of sp³-hybridized carbons (Fsp3) is 0.0870. The standard InChI is InChI=1S/C23H18ClN3O3/c1-29-19-13-9-16(10-14-19)21(28)25-20(15-5-3-2-4-6-15)23-27-26-22(30-23)17-7-11-18(24)12-8-17/h2-14,20H,1H3,(H,25,28)/t20-/m1/s1. The SMILES string of the molecule is COc1ccc(C(=O)N[C@H](c2ccccc2)c2nnc(-c3ccc(Cl)cc3)o2)cc1. The van der Waals surface area contributed by atoms with Gasteiger partial charge in [-0.2, -0.15) is 0 Å². The zero-order valence-corrected chi connectivity index (χ0v) is 16.8. The minimum atomic E-state index is -0.602. The van der Waals surface area contributed by atoms with Crippen molar-refractivity contribution >= 4 is 17.5 Å². The molecule has 4 aromatic rings. The molecule has 0 aliphatic rings. The third-order valence-corrected chi connectivity index (χ3v) is 4.79. The number of halogens is 1. The Kier molecular flexibility index (Phi) is 5.77. The highest BCUT2D eigenvalue weighted by molar-refractivity contribution is 6.30. The lowest BCUT2D eigenvalue weighted by Gasteiger charge is -2.16. The van der Waals surface area contributed by atoms with Crippen molar-refractivity contribution < 1.29 is 13.9 Å². The summed E-state index contributed by atoms with van der Waals surface area (Å²) in [6.07, 6.45) is 0. The monoisotopic (exact) mass is 419 g/mol. The van der Waals surface area contributed by atoms with Crippen LogP contribution in [0.1, 0.15) is 27.9 Å². The summed E-state index contributed by atoms with van der Waals surface area (Å²) in [6, 6.07) is 22.8. The second-order valence-electron chi connectivity index (χ2n) is 6.50. The van der Waals surface area contributed by atoms with E-state index in [0.29, 0.717) is 22.2 Å². The molecule has 4 rings (SSSR count). The van der Waals surface area contributed by atoms with E-state index >= 15 is 0 Å². The number of carbonyl (C=O) groups excluding carboxylic acids is 1. The van der Waals surface area contributed by atoms with Crippen molar-refractivity contribution in [2.75, 3.05) is 7.11 Å². The molecule has 0 fully saturated rings. The van der Waals surface area contributed by atoms with Crippen molar-refractivity contribution in [1.82, 2.24) is 15.5 Å². The van der Waals surface area contributed by atoms with Gasteiger partial charge in [0.05, 0.1) is 7.11 Å². The van der Waals surface area contributed by atoms with Gasteiger partial charge in [-0.1, -0.05) is 41.9 Å². The summed E-state index contributed by atoms with van der Waals surface area (Å²) in [5.74, 6) is 1.04. The molecule has 0 radical (unpaired) electrons. The Hall–Kier alpha value is -3.64. The fourth-order valence-electron chi connectivity index (χ4n) is 2.95. The normalized spacial score (nSPS) is 11.7. The first-order valence-electron chi connectivity index (χ1n) is 9.23. The second kappa shape index (κ2) is 8.80. The molecule has 0 spiro atoms. The van der Waals surface area contributed by atoms with E-state index in [-0.39, 0.29) is 11.8 Å². The van der Waals surface area contributed by atoms with Gasteiger partial charge in [0, 0.05) is 16.1 Å². The van der Waals surface area contributed by atoms with Gasteiger partial charge in [0.25, 0.3) is 5.91 Å². The van der Waals surface area contributed by atoms with Crippen molar-refractivity contribution in [2.45, 2.75) is 6.04 Å². The van der Waals surface area contributed by atoms with Gasteiger partial charge in [0.15, 0.2) is 0 Å². The lowest BCUT2D eigenvalue weighted by atomic mass is 10.1. The molecule has 0 aliphatic carbocycles. The summed E-state index contributed by atoms with van der Waals surface area (Å²) in [5.41, 5.74) is 2.06. The van der Waals surface area contributed by atoms with E-state index in [2.05, 4.69) is 15.5 Å². The Balaban J connectivity index is 1.63. The highest BCUT2D eigenvalue weighted by Crippen LogP contribution is 2.26. The van der Waals surface area contributed by atoms with Gasteiger partial charge in [0.1, 0.15) is 11.8 Å². The maximum Gasteiger partial charge on any atom is 0.252 e. The number of methoxy groups -OCH3 is 1. The molecule has 30 heavy (non-hydrogen) atoms. The molecule has 0 unspecified atom stereocenters. The van der Waals surface area contributed by atoms with Crippen molar-refractivity contribution in [2.24, 2.45) is 0 Å². The van der Waals surface area contributed by atoms with Crippen LogP contribution in [-0.2, 0) is 0 Å². The molecular formula is C23H18ClN3O3. The molecule has 3 aromatic carbocycles. The first-order chi connectivity index (χ1) is 14.6. The molecule has 1 heterocycles. The van der Waals surface area contributed by atoms with Crippen LogP contribution in [0.4, 0.5) is 0 Å². The van der Waals surface area contributed by atoms with E-state index in [9.17, 15) is 4.79 Å². The van der Waals surface area contributed by atoms with E-state index < -0.39 is 6.04 Å². The van der Waals surface area contributed by atoms with Crippen LogP contribution >= 0.6 is 11.6 Å². The molecule has 0 saturated carbocycles. The van der Waals surface area contributed by atoms with Gasteiger partial charge in [-0.25, -0.2) is 0 Å². The van der Waals surface area contributed by atoms with Crippen LogP contribution in [0.15, 0.2) is 83.3 Å². The summed E-state index contributed by atoms with van der Waals surface area (Å²) >= 11 is 5.95. The van der Waals surface area contributed by atoms with Crippen LogP contribution in [0.25, 0.3) is 11.5 Å². The number of rotatable bonds is 6. The molecule has 0 saturated heterocycles. The third-order valence-electron chi connectivity index (χ3n) is 4.54. The van der Waals surface area contributed by atoms with Gasteiger partial charge < -0.3 is 14.5 Å². The van der Waals surface area contributed by atoms with Crippen LogP contribution in [0.3, 0.4) is 0 Å². The van der Waals surface area contributed by atoms with E-state index in [1.165, 1.54) is 0 Å². The van der Waals surface area contributed by atoms with E-state index in [1.54, 1.807) is 55.6 Å². The number of benzene rings is 3. The zero-order chi connectivity index (χ0) is 20.9. The molecule has 1 amide bonds. The van der Waals surface area contributed by atoms with Gasteiger partial charge in [-0.15, -0.1) is 10.2 Å². The van der Waals surface area contributed by atoms with Crippen LogP contribution in [0.5, 0.6) is 5.75 Å². The molecule has 1 aromatic heterocycles. The van der Waals surface area contributed by atoms with Crippen LogP contribution < -0.4 is 10.1 Å². The number of aromatic nitrogens is 2. The van der Waals surface area contributed by atoms with Crippen LogP contribution in [0.2, 0.25) is 5.02 Å². The Labute approximate surface area is 178 Å². The molecule has 0 aliphatic heterocycles. The number of nitrogens with zero attached hydrogens (tertiary/aromatic N) is 2. The largest absolute Gasteiger partial charge is 0.497 e. The maximum atomic E-state index is 12.9.